The van der Waals surface area contributed by atoms with Gasteiger partial charge in [0.05, 0.1) is 18.8 Å². The van der Waals surface area contributed by atoms with Crippen molar-refractivity contribution in [2.75, 3.05) is 6.61 Å². The maximum absolute atomic E-state index is 13.1. The molecule has 17 heavy (non-hydrogen) atoms. The van der Waals surface area contributed by atoms with E-state index in [1.807, 2.05) is 6.92 Å². The van der Waals surface area contributed by atoms with Gasteiger partial charge >= 0.3 is 0 Å². The van der Waals surface area contributed by atoms with Crippen LogP contribution in [0.5, 0.6) is 0 Å². The number of hydrogen-bond acceptors (Lipinski definition) is 3. The quantitative estimate of drug-likeness (QED) is 0.626. The highest BCUT2D eigenvalue weighted by atomic mass is 19.1. The third-order valence-corrected chi connectivity index (χ3v) is 3.45. The summed E-state index contributed by atoms with van der Waals surface area (Å²) < 4.78 is 18.6. The number of aryl methyl sites for hydroxylation is 1. The van der Waals surface area contributed by atoms with E-state index in [1.54, 1.807) is 12.1 Å². The van der Waals surface area contributed by atoms with E-state index in [1.165, 1.54) is 6.07 Å². The van der Waals surface area contributed by atoms with Gasteiger partial charge in [-0.05, 0) is 43.5 Å². The molecule has 2 rings (SSSR count). The number of nitrogens with one attached hydrogen (secondary N) is 1. The van der Waals surface area contributed by atoms with Gasteiger partial charge in [0.15, 0.2) is 0 Å². The van der Waals surface area contributed by atoms with Crippen LogP contribution in [-0.4, -0.2) is 12.7 Å². The van der Waals surface area contributed by atoms with Crippen molar-refractivity contribution in [1.82, 2.24) is 5.43 Å². The van der Waals surface area contributed by atoms with Crippen molar-refractivity contribution in [1.29, 1.82) is 0 Å². The fourth-order valence-electron chi connectivity index (χ4n) is 2.55. The molecule has 4 heteroatoms. The van der Waals surface area contributed by atoms with E-state index in [-0.39, 0.29) is 18.0 Å². The van der Waals surface area contributed by atoms with Crippen LogP contribution in [0.2, 0.25) is 0 Å². The van der Waals surface area contributed by atoms with Crippen LogP contribution >= 0.6 is 0 Å². The average Bonchev–Trinajstić information content (AvgIpc) is 2.69. The number of hydrogen-bond donors (Lipinski definition) is 2. The SMILES string of the molecule is Cc1cc(F)ccc1C(NN)C1COC(C)C1. The summed E-state index contributed by atoms with van der Waals surface area (Å²) in [6.45, 7) is 4.67. The lowest BCUT2D eigenvalue weighted by molar-refractivity contribution is 0.117. The van der Waals surface area contributed by atoms with Gasteiger partial charge in [-0.2, -0.15) is 0 Å². The molecule has 3 nitrogen and oxygen atoms in total. The van der Waals surface area contributed by atoms with Crippen LogP contribution < -0.4 is 11.3 Å². The summed E-state index contributed by atoms with van der Waals surface area (Å²) in [5, 5.41) is 0. The Balaban J connectivity index is 2.23. The Kier molecular flexibility index (Phi) is 3.76. The fourth-order valence-corrected chi connectivity index (χ4v) is 2.55. The zero-order valence-electron chi connectivity index (χ0n) is 10.2. The molecule has 1 aliphatic heterocycles. The van der Waals surface area contributed by atoms with Crippen molar-refractivity contribution in [2.24, 2.45) is 11.8 Å². The normalized spacial score (nSPS) is 26.1. The van der Waals surface area contributed by atoms with Crippen LogP contribution in [0.25, 0.3) is 0 Å². The summed E-state index contributed by atoms with van der Waals surface area (Å²) in [5.41, 5.74) is 4.81. The highest BCUT2D eigenvalue weighted by Crippen LogP contribution is 2.32. The number of nitrogens with two attached hydrogens (primary N) is 1. The Bertz CT molecular complexity index is 397. The van der Waals surface area contributed by atoms with Crippen LogP contribution in [0, 0.1) is 18.7 Å². The first-order valence-electron chi connectivity index (χ1n) is 5.95. The summed E-state index contributed by atoms with van der Waals surface area (Å²) in [5.74, 6) is 5.77. The minimum atomic E-state index is -0.210. The molecule has 0 bridgehead atoms. The molecule has 1 fully saturated rings. The van der Waals surface area contributed by atoms with Gasteiger partial charge in [0.25, 0.3) is 0 Å². The second-order valence-corrected chi connectivity index (χ2v) is 4.78. The number of hydrazine groups is 1. The second-order valence-electron chi connectivity index (χ2n) is 4.78. The van der Waals surface area contributed by atoms with E-state index >= 15 is 0 Å². The molecule has 3 N–H and O–H groups in total. The molecular weight excluding hydrogens is 219 g/mol. The van der Waals surface area contributed by atoms with Crippen LogP contribution in [-0.2, 0) is 4.74 Å². The summed E-state index contributed by atoms with van der Waals surface area (Å²) in [4.78, 5) is 0. The first-order valence-corrected chi connectivity index (χ1v) is 5.95. The molecule has 1 aliphatic rings. The first kappa shape index (κ1) is 12.5. The molecule has 1 aromatic carbocycles. The van der Waals surface area contributed by atoms with Crippen molar-refractivity contribution in [2.45, 2.75) is 32.4 Å². The maximum atomic E-state index is 13.1. The van der Waals surface area contributed by atoms with E-state index in [0.29, 0.717) is 12.5 Å². The smallest absolute Gasteiger partial charge is 0.123 e. The summed E-state index contributed by atoms with van der Waals surface area (Å²) >= 11 is 0. The van der Waals surface area contributed by atoms with Crippen molar-refractivity contribution in [3.63, 3.8) is 0 Å². The van der Waals surface area contributed by atoms with Crippen molar-refractivity contribution in [3.05, 3.63) is 35.1 Å². The molecule has 1 saturated heterocycles. The third kappa shape index (κ3) is 2.65. The molecule has 0 aromatic heterocycles. The number of rotatable bonds is 3. The molecule has 1 aromatic rings. The van der Waals surface area contributed by atoms with Crippen LogP contribution in [0.1, 0.15) is 30.5 Å². The zero-order valence-corrected chi connectivity index (χ0v) is 10.2. The Hall–Kier alpha value is -0.970. The van der Waals surface area contributed by atoms with Gasteiger partial charge in [-0.3, -0.25) is 11.3 Å². The molecule has 0 aliphatic carbocycles. The number of halogens is 1. The number of benzene rings is 1. The van der Waals surface area contributed by atoms with Gasteiger partial charge in [0.2, 0.25) is 0 Å². The van der Waals surface area contributed by atoms with E-state index in [0.717, 1.165) is 17.5 Å². The second kappa shape index (κ2) is 5.12. The highest BCUT2D eigenvalue weighted by molar-refractivity contribution is 5.30. The summed E-state index contributed by atoms with van der Waals surface area (Å²) in [7, 11) is 0. The minimum Gasteiger partial charge on any atom is -0.378 e. The lowest BCUT2D eigenvalue weighted by atomic mass is 9.89. The Morgan fingerprint density at radius 3 is 2.82 bits per heavy atom. The van der Waals surface area contributed by atoms with Gasteiger partial charge in [0, 0.05) is 5.92 Å². The monoisotopic (exact) mass is 238 g/mol. The van der Waals surface area contributed by atoms with E-state index in [4.69, 9.17) is 10.6 Å². The Labute approximate surface area is 101 Å². The molecule has 1 heterocycles. The van der Waals surface area contributed by atoms with Crippen LogP contribution in [0.4, 0.5) is 4.39 Å². The summed E-state index contributed by atoms with van der Waals surface area (Å²) in [6, 6.07) is 4.85. The average molecular weight is 238 g/mol. The predicted octanol–water partition coefficient (Wildman–Crippen LogP) is 2.06. The van der Waals surface area contributed by atoms with Gasteiger partial charge in [-0.1, -0.05) is 6.07 Å². The van der Waals surface area contributed by atoms with Gasteiger partial charge in [-0.15, -0.1) is 0 Å². The molecule has 0 saturated carbocycles. The zero-order chi connectivity index (χ0) is 12.4. The fraction of sp³-hybridized carbons (Fsp3) is 0.538. The lowest BCUT2D eigenvalue weighted by Crippen LogP contribution is -2.34. The van der Waals surface area contributed by atoms with Crippen LogP contribution in [0.15, 0.2) is 18.2 Å². The van der Waals surface area contributed by atoms with Gasteiger partial charge in [0.1, 0.15) is 5.82 Å². The molecule has 3 atom stereocenters. The Morgan fingerprint density at radius 1 is 1.53 bits per heavy atom. The lowest BCUT2D eigenvalue weighted by Gasteiger charge is -2.23. The van der Waals surface area contributed by atoms with Crippen LogP contribution in [0.3, 0.4) is 0 Å². The Morgan fingerprint density at radius 2 is 2.29 bits per heavy atom. The summed E-state index contributed by atoms with van der Waals surface area (Å²) in [6.07, 6.45) is 1.25. The molecule has 3 unspecified atom stereocenters. The number of ether oxygens (including phenoxy) is 1. The molecule has 0 radical (unpaired) electrons. The van der Waals surface area contributed by atoms with E-state index < -0.39 is 0 Å². The molecule has 0 spiro atoms. The van der Waals surface area contributed by atoms with E-state index in [2.05, 4.69) is 12.3 Å². The van der Waals surface area contributed by atoms with Crippen molar-refractivity contribution < 1.29 is 9.13 Å². The maximum Gasteiger partial charge on any atom is 0.123 e. The van der Waals surface area contributed by atoms with Gasteiger partial charge < -0.3 is 4.74 Å². The van der Waals surface area contributed by atoms with Crippen molar-refractivity contribution in [3.8, 4) is 0 Å². The molecule has 0 amide bonds. The topological polar surface area (TPSA) is 47.3 Å². The standard InChI is InChI=1S/C13H19FN2O/c1-8-5-11(14)3-4-12(8)13(16-15)10-6-9(2)17-7-10/h3-5,9-10,13,16H,6-7,15H2,1-2H3. The third-order valence-electron chi connectivity index (χ3n) is 3.45. The first-order chi connectivity index (χ1) is 8.11. The molecular formula is C13H19FN2O. The van der Waals surface area contributed by atoms with Crippen molar-refractivity contribution >= 4 is 0 Å². The van der Waals surface area contributed by atoms with E-state index in [9.17, 15) is 4.39 Å². The van der Waals surface area contributed by atoms with Gasteiger partial charge in [-0.25, -0.2) is 4.39 Å². The predicted molar refractivity (Wildman–Crippen MR) is 64.7 cm³/mol. The highest BCUT2D eigenvalue weighted by Gasteiger charge is 2.30. The largest absolute Gasteiger partial charge is 0.378 e. The minimum absolute atomic E-state index is 0.0283. The molecule has 94 valence electrons.